The van der Waals surface area contributed by atoms with Crippen LogP contribution in [0.2, 0.25) is 0 Å². The van der Waals surface area contributed by atoms with Crippen LogP contribution in [0.1, 0.15) is 33.1 Å². The average Bonchev–Trinajstić information content (AvgIpc) is 2.72. The van der Waals surface area contributed by atoms with Crippen molar-refractivity contribution in [3.8, 4) is 0 Å². The zero-order valence-corrected chi connectivity index (χ0v) is 17.8. The number of carbonyl (C=O) groups is 3. The molecule has 0 aromatic heterocycles. The number of hydrogen-bond donors (Lipinski definition) is 2. The molecule has 0 saturated carbocycles. The molecular weight excluding hydrogens is 384 g/mol. The van der Waals surface area contributed by atoms with Crippen molar-refractivity contribution < 1.29 is 38.1 Å². The van der Waals surface area contributed by atoms with Crippen molar-refractivity contribution in [1.82, 2.24) is 10.6 Å². The molecule has 10 nitrogen and oxygen atoms in total. The van der Waals surface area contributed by atoms with Crippen LogP contribution in [0.3, 0.4) is 0 Å². The van der Waals surface area contributed by atoms with Gasteiger partial charge in [0, 0.05) is 19.8 Å². The van der Waals surface area contributed by atoms with E-state index < -0.39 is 17.9 Å². The predicted octanol–water partition coefficient (Wildman–Crippen LogP) is 0.0369. The highest BCUT2D eigenvalue weighted by Crippen LogP contribution is 2.03. The third-order valence-corrected chi connectivity index (χ3v) is 3.68. The summed E-state index contributed by atoms with van der Waals surface area (Å²) in [5.74, 6) is -1.10. The van der Waals surface area contributed by atoms with E-state index in [4.69, 9.17) is 23.7 Å². The van der Waals surface area contributed by atoms with Gasteiger partial charge in [-0.1, -0.05) is 0 Å². The Morgan fingerprint density at radius 1 is 0.793 bits per heavy atom. The number of amides is 2. The van der Waals surface area contributed by atoms with Gasteiger partial charge < -0.3 is 34.3 Å². The molecule has 10 heteroatoms. The van der Waals surface area contributed by atoms with Crippen molar-refractivity contribution in [2.75, 3.05) is 66.5 Å². The van der Waals surface area contributed by atoms with E-state index in [0.717, 1.165) is 0 Å². The van der Waals surface area contributed by atoms with Crippen LogP contribution >= 0.6 is 0 Å². The lowest BCUT2D eigenvalue weighted by molar-refractivity contribution is -0.146. The van der Waals surface area contributed by atoms with Crippen LogP contribution in [-0.2, 0) is 38.1 Å². The highest BCUT2D eigenvalue weighted by atomic mass is 16.5. The van der Waals surface area contributed by atoms with Gasteiger partial charge in [-0.15, -0.1) is 0 Å². The van der Waals surface area contributed by atoms with Crippen LogP contribution in [0, 0.1) is 0 Å². The minimum atomic E-state index is -0.752. The number of ether oxygens (including phenoxy) is 5. The predicted molar refractivity (Wildman–Crippen MR) is 105 cm³/mol. The number of carbonyl (C=O) groups excluding carboxylic acids is 3. The third-order valence-electron chi connectivity index (χ3n) is 3.68. The second kappa shape index (κ2) is 19.6. The Bertz CT molecular complexity index is 448. The molecule has 0 spiro atoms. The Hall–Kier alpha value is -1.75. The number of nitrogens with one attached hydrogen (secondary N) is 2. The third kappa shape index (κ3) is 16.9. The van der Waals surface area contributed by atoms with E-state index in [0.29, 0.717) is 58.8 Å². The van der Waals surface area contributed by atoms with Crippen molar-refractivity contribution in [2.24, 2.45) is 0 Å². The topological polar surface area (TPSA) is 121 Å². The molecule has 0 aliphatic heterocycles. The normalized spacial score (nSPS) is 11.7. The number of hydrogen-bond acceptors (Lipinski definition) is 8. The van der Waals surface area contributed by atoms with Gasteiger partial charge in [-0.05, 0) is 33.1 Å². The van der Waals surface area contributed by atoms with E-state index in [9.17, 15) is 14.4 Å². The standard InChI is InChI=1S/C19H36N2O8/c1-4-26-10-11-28-12-13-29-15-18(23)21-16(19(24)25-3)8-6-7-9-20-17(22)14-27-5-2/h16H,4-15H2,1-3H3,(H,20,22)(H,21,23). The quantitative estimate of drug-likeness (QED) is 0.222. The Kier molecular flexibility index (Phi) is 18.4. The van der Waals surface area contributed by atoms with Gasteiger partial charge in [0.15, 0.2) is 0 Å². The number of methoxy groups -OCH3 is 1. The molecule has 1 atom stereocenters. The van der Waals surface area contributed by atoms with E-state index >= 15 is 0 Å². The number of esters is 1. The second-order valence-electron chi connectivity index (χ2n) is 5.99. The van der Waals surface area contributed by atoms with Gasteiger partial charge in [0.25, 0.3) is 0 Å². The van der Waals surface area contributed by atoms with E-state index in [1.54, 1.807) is 0 Å². The summed E-state index contributed by atoms with van der Waals surface area (Å²) in [7, 11) is 1.27. The summed E-state index contributed by atoms with van der Waals surface area (Å²) in [6, 6.07) is -0.752. The van der Waals surface area contributed by atoms with Crippen LogP contribution < -0.4 is 10.6 Å². The first-order valence-corrected chi connectivity index (χ1v) is 9.99. The summed E-state index contributed by atoms with van der Waals surface area (Å²) in [5.41, 5.74) is 0. The maximum atomic E-state index is 12.0. The van der Waals surface area contributed by atoms with Gasteiger partial charge in [-0.2, -0.15) is 0 Å². The van der Waals surface area contributed by atoms with Crippen molar-refractivity contribution in [3.05, 3.63) is 0 Å². The monoisotopic (exact) mass is 420 g/mol. The minimum Gasteiger partial charge on any atom is -0.467 e. The first-order valence-electron chi connectivity index (χ1n) is 9.99. The van der Waals surface area contributed by atoms with Crippen LogP contribution in [0.4, 0.5) is 0 Å². The van der Waals surface area contributed by atoms with Gasteiger partial charge in [-0.25, -0.2) is 4.79 Å². The Labute approximate surface area is 172 Å². The molecule has 0 rings (SSSR count). The lowest BCUT2D eigenvalue weighted by Gasteiger charge is -2.16. The van der Waals surface area contributed by atoms with Crippen LogP contribution in [0.25, 0.3) is 0 Å². The van der Waals surface area contributed by atoms with Crippen molar-refractivity contribution in [3.63, 3.8) is 0 Å². The summed E-state index contributed by atoms with van der Waals surface area (Å²) in [5, 5.41) is 5.33. The van der Waals surface area contributed by atoms with Crippen molar-refractivity contribution in [1.29, 1.82) is 0 Å². The van der Waals surface area contributed by atoms with Gasteiger partial charge in [0.05, 0.1) is 33.5 Å². The lowest BCUT2D eigenvalue weighted by Crippen LogP contribution is -2.43. The summed E-state index contributed by atoms with van der Waals surface area (Å²) in [4.78, 5) is 35.2. The first-order chi connectivity index (χ1) is 14.0. The van der Waals surface area contributed by atoms with Crippen LogP contribution in [0.5, 0.6) is 0 Å². The van der Waals surface area contributed by atoms with Gasteiger partial charge in [-0.3, -0.25) is 9.59 Å². The lowest BCUT2D eigenvalue weighted by atomic mass is 10.1. The molecule has 0 aliphatic carbocycles. The molecule has 0 saturated heterocycles. The molecule has 0 aromatic rings. The molecule has 0 aliphatic rings. The van der Waals surface area contributed by atoms with Gasteiger partial charge >= 0.3 is 5.97 Å². The van der Waals surface area contributed by atoms with E-state index in [1.165, 1.54) is 7.11 Å². The Balaban J connectivity index is 3.93. The Morgan fingerprint density at radius 3 is 2.07 bits per heavy atom. The van der Waals surface area contributed by atoms with E-state index in [2.05, 4.69) is 10.6 Å². The molecule has 29 heavy (non-hydrogen) atoms. The molecule has 2 amide bonds. The summed E-state index contributed by atoms with van der Waals surface area (Å²) in [6.07, 6.45) is 1.70. The van der Waals surface area contributed by atoms with Gasteiger partial charge in [0.1, 0.15) is 19.3 Å². The SMILES string of the molecule is CCOCCOCCOCC(=O)NC(CCCCNC(=O)COCC)C(=O)OC. The summed E-state index contributed by atoms with van der Waals surface area (Å²) >= 11 is 0. The zero-order valence-electron chi connectivity index (χ0n) is 17.8. The van der Waals surface area contributed by atoms with Crippen LogP contribution in [0.15, 0.2) is 0 Å². The molecular formula is C19H36N2O8. The van der Waals surface area contributed by atoms with E-state index in [-0.39, 0.29) is 25.7 Å². The highest BCUT2D eigenvalue weighted by Gasteiger charge is 2.21. The van der Waals surface area contributed by atoms with Crippen molar-refractivity contribution >= 4 is 17.8 Å². The highest BCUT2D eigenvalue weighted by molar-refractivity contribution is 5.85. The molecule has 0 heterocycles. The minimum absolute atomic E-state index is 0.0366. The number of rotatable bonds is 19. The maximum Gasteiger partial charge on any atom is 0.328 e. The molecule has 2 N–H and O–H groups in total. The van der Waals surface area contributed by atoms with Crippen LogP contribution in [-0.4, -0.2) is 90.3 Å². The fourth-order valence-corrected chi connectivity index (χ4v) is 2.22. The smallest absolute Gasteiger partial charge is 0.328 e. The average molecular weight is 421 g/mol. The van der Waals surface area contributed by atoms with E-state index in [1.807, 2.05) is 13.8 Å². The fourth-order valence-electron chi connectivity index (χ4n) is 2.22. The zero-order chi connectivity index (χ0) is 21.7. The van der Waals surface area contributed by atoms with Gasteiger partial charge in [0.2, 0.25) is 11.8 Å². The molecule has 0 radical (unpaired) electrons. The van der Waals surface area contributed by atoms with Crippen molar-refractivity contribution in [2.45, 2.75) is 39.2 Å². The molecule has 170 valence electrons. The molecule has 0 fully saturated rings. The largest absolute Gasteiger partial charge is 0.467 e. The fraction of sp³-hybridized carbons (Fsp3) is 0.842. The molecule has 0 aromatic carbocycles. The maximum absolute atomic E-state index is 12.0. The second-order valence-corrected chi connectivity index (χ2v) is 5.99. The molecule has 1 unspecified atom stereocenters. The molecule has 0 bridgehead atoms. The summed E-state index contributed by atoms with van der Waals surface area (Å²) < 4.78 is 25.4. The number of unbranched alkanes of at least 4 members (excludes halogenated alkanes) is 1. The Morgan fingerprint density at radius 2 is 1.41 bits per heavy atom. The summed E-state index contributed by atoms with van der Waals surface area (Å²) in [6.45, 7) is 6.81. The first kappa shape index (κ1) is 27.2.